The first-order chi connectivity index (χ1) is 11.7. The van der Waals surface area contributed by atoms with Crippen LogP contribution in [-0.4, -0.2) is 35.3 Å². The number of fused-ring (bicyclic) bond motifs is 1. The zero-order valence-electron chi connectivity index (χ0n) is 13.2. The Morgan fingerprint density at radius 2 is 2.17 bits per heavy atom. The highest BCUT2D eigenvalue weighted by molar-refractivity contribution is 5.98. The minimum Gasteiger partial charge on any atom is -0.480 e. The number of ether oxygens (including phenoxy) is 1. The van der Waals surface area contributed by atoms with Crippen LogP contribution >= 0.6 is 0 Å². The molecule has 0 saturated carbocycles. The molecule has 3 rings (SSSR count). The number of H-pyrrole nitrogens is 1. The topological polar surface area (TPSA) is 89.1 Å². The highest BCUT2D eigenvalue weighted by Crippen LogP contribution is 2.29. The molecular weight excluding hydrogens is 308 g/mol. The number of aromatic amines is 1. The number of rotatable bonds is 5. The number of hydroxylamine groups is 1. The van der Waals surface area contributed by atoms with Gasteiger partial charge in [-0.2, -0.15) is 5.48 Å². The number of benzene rings is 1. The van der Waals surface area contributed by atoms with Gasteiger partial charge in [0.2, 0.25) is 5.88 Å². The SMILES string of the molecule is CNOC(=O)/C=C(\c1cccnc1)c1ccc2c(OC)n[nH]c2c1. The molecule has 7 nitrogen and oxygen atoms in total. The maximum Gasteiger partial charge on any atom is 0.350 e. The smallest absolute Gasteiger partial charge is 0.350 e. The second-order valence-corrected chi connectivity index (χ2v) is 4.92. The fourth-order valence-electron chi connectivity index (χ4n) is 2.42. The quantitative estimate of drug-likeness (QED) is 0.552. The molecule has 2 N–H and O–H groups in total. The van der Waals surface area contributed by atoms with Crippen LogP contribution in [0.1, 0.15) is 11.1 Å². The molecule has 0 atom stereocenters. The van der Waals surface area contributed by atoms with Gasteiger partial charge in [-0.25, -0.2) is 4.79 Å². The highest BCUT2D eigenvalue weighted by Gasteiger charge is 2.12. The van der Waals surface area contributed by atoms with E-state index < -0.39 is 5.97 Å². The molecule has 0 bridgehead atoms. The van der Waals surface area contributed by atoms with Crippen molar-refractivity contribution < 1.29 is 14.4 Å². The maximum atomic E-state index is 11.9. The van der Waals surface area contributed by atoms with Crippen LogP contribution in [0.4, 0.5) is 0 Å². The minimum atomic E-state index is -0.501. The lowest BCUT2D eigenvalue weighted by atomic mass is 9.98. The Labute approximate surface area is 138 Å². The number of pyridine rings is 1. The van der Waals surface area contributed by atoms with Gasteiger partial charge in [0, 0.05) is 31.1 Å². The standard InChI is InChI=1S/C17H16N4O3/c1-18-24-16(22)9-14(12-4-3-7-19-10-12)11-5-6-13-15(8-11)20-21-17(13)23-2/h3-10,18H,1-2H3,(H,20,21)/b14-9-. The van der Waals surface area contributed by atoms with Crippen LogP contribution in [0.25, 0.3) is 16.5 Å². The molecule has 0 radical (unpaired) electrons. The summed E-state index contributed by atoms with van der Waals surface area (Å²) in [6, 6.07) is 9.37. The molecule has 3 aromatic rings. The molecule has 0 spiro atoms. The van der Waals surface area contributed by atoms with Crippen molar-refractivity contribution in [1.29, 1.82) is 0 Å². The first kappa shape index (κ1) is 15.7. The summed E-state index contributed by atoms with van der Waals surface area (Å²) in [7, 11) is 3.09. The van der Waals surface area contributed by atoms with E-state index in [0.29, 0.717) is 11.5 Å². The molecule has 0 aliphatic carbocycles. The van der Waals surface area contributed by atoms with Crippen LogP contribution in [-0.2, 0) is 9.63 Å². The van der Waals surface area contributed by atoms with Gasteiger partial charge < -0.3 is 9.57 Å². The zero-order valence-corrected chi connectivity index (χ0v) is 13.2. The number of hydrogen-bond acceptors (Lipinski definition) is 6. The van der Waals surface area contributed by atoms with Gasteiger partial charge in [0.25, 0.3) is 0 Å². The van der Waals surface area contributed by atoms with E-state index in [1.165, 1.54) is 13.1 Å². The van der Waals surface area contributed by atoms with Crippen molar-refractivity contribution in [3.05, 3.63) is 59.9 Å². The van der Waals surface area contributed by atoms with E-state index in [2.05, 4.69) is 20.7 Å². The summed E-state index contributed by atoms with van der Waals surface area (Å²) in [4.78, 5) is 20.8. The number of nitrogens with zero attached hydrogens (tertiary/aromatic N) is 2. The molecule has 0 aliphatic heterocycles. The summed E-state index contributed by atoms with van der Waals surface area (Å²) >= 11 is 0. The molecule has 0 amide bonds. The van der Waals surface area contributed by atoms with Crippen molar-refractivity contribution in [2.24, 2.45) is 0 Å². The second kappa shape index (κ2) is 6.93. The first-order valence-electron chi connectivity index (χ1n) is 7.25. The molecule has 7 heteroatoms. The fourth-order valence-corrected chi connectivity index (χ4v) is 2.42. The number of carbonyl (C=O) groups is 1. The molecule has 122 valence electrons. The van der Waals surface area contributed by atoms with Gasteiger partial charge in [0.05, 0.1) is 18.0 Å². The van der Waals surface area contributed by atoms with Crippen LogP contribution in [0.2, 0.25) is 0 Å². The van der Waals surface area contributed by atoms with E-state index in [1.54, 1.807) is 19.5 Å². The van der Waals surface area contributed by atoms with Gasteiger partial charge in [-0.05, 0) is 29.3 Å². The molecular formula is C17H16N4O3. The fraction of sp³-hybridized carbons (Fsp3) is 0.118. The number of carbonyl (C=O) groups excluding carboxylic acids is 1. The van der Waals surface area contributed by atoms with Crippen molar-refractivity contribution in [2.45, 2.75) is 0 Å². The van der Waals surface area contributed by atoms with Crippen molar-refractivity contribution >= 4 is 22.4 Å². The van der Waals surface area contributed by atoms with Gasteiger partial charge in [0.15, 0.2) is 0 Å². The van der Waals surface area contributed by atoms with Crippen LogP contribution in [0, 0.1) is 0 Å². The van der Waals surface area contributed by atoms with Crippen molar-refractivity contribution in [3.8, 4) is 5.88 Å². The second-order valence-electron chi connectivity index (χ2n) is 4.92. The lowest BCUT2D eigenvalue weighted by Gasteiger charge is -2.08. The predicted molar refractivity (Wildman–Crippen MR) is 89.1 cm³/mol. The van der Waals surface area contributed by atoms with Gasteiger partial charge >= 0.3 is 5.97 Å². The van der Waals surface area contributed by atoms with E-state index in [-0.39, 0.29) is 0 Å². The summed E-state index contributed by atoms with van der Waals surface area (Å²) in [5, 5.41) is 7.88. The Bertz CT molecular complexity index is 887. The van der Waals surface area contributed by atoms with Crippen LogP contribution in [0.15, 0.2) is 48.8 Å². The molecule has 0 aliphatic rings. The van der Waals surface area contributed by atoms with Gasteiger partial charge in [-0.3, -0.25) is 10.1 Å². The third kappa shape index (κ3) is 3.11. The normalized spacial score (nSPS) is 11.5. The molecule has 2 heterocycles. The number of nitrogens with one attached hydrogen (secondary N) is 2. The third-order valence-corrected chi connectivity index (χ3v) is 3.47. The Morgan fingerprint density at radius 3 is 2.88 bits per heavy atom. The molecule has 2 aromatic heterocycles. The number of hydrogen-bond donors (Lipinski definition) is 2. The lowest BCUT2D eigenvalue weighted by molar-refractivity contribution is -0.143. The summed E-state index contributed by atoms with van der Waals surface area (Å²) in [6.07, 6.45) is 4.79. The van der Waals surface area contributed by atoms with Crippen LogP contribution in [0.5, 0.6) is 5.88 Å². The van der Waals surface area contributed by atoms with E-state index in [0.717, 1.165) is 22.0 Å². The average molecular weight is 324 g/mol. The Kier molecular flexibility index (Phi) is 4.53. The maximum absolute atomic E-state index is 11.9. The largest absolute Gasteiger partial charge is 0.480 e. The first-order valence-corrected chi connectivity index (χ1v) is 7.25. The van der Waals surface area contributed by atoms with Crippen LogP contribution in [0.3, 0.4) is 0 Å². The number of methoxy groups -OCH3 is 1. The Balaban J connectivity index is 2.10. The van der Waals surface area contributed by atoms with Crippen molar-refractivity contribution in [3.63, 3.8) is 0 Å². The summed E-state index contributed by atoms with van der Waals surface area (Å²) in [5.74, 6) is 0.0247. The van der Waals surface area contributed by atoms with Crippen molar-refractivity contribution in [2.75, 3.05) is 14.2 Å². The summed E-state index contributed by atoms with van der Waals surface area (Å²) in [6.45, 7) is 0. The molecule has 0 unspecified atom stereocenters. The third-order valence-electron chi connectivity index (χ3n) is 3.47. The lowest BCUT2D eigenvalue weighted by Crippen LogP contribution is -2.13. The van der Waals surface area contributed by atoms with Crippen LogP contribution < -0.4 is 10.2 Å². The highest BCUT2D eigenvalue weighted by atomic mass is 16.7. The summed E-state index contributed by atoms with van der Waals surface area (Å²) in [5.41, 5.74) is 5.50. The molecule has 0 saturated heterocycles. The monoisotopic (exact) mass is 324 g/mol. The van der Waals surface area contributed by atoms with E-state index in [1.807, 2.05) is 30.3 Å². The predicted octanol–water partition coefficient (Wildman–Crippen LogP) is 2.08. The Hall–Kier alpha value is -3.19. The summed E-state index contributed by atoms with van der Waals surface area (Å²) < 4.78 is 5.20. The van der Waals surface area contributed by atoms with Crippen molar-refractivity contribution in [1.82, 2.24) is 20.7 Å². The molecule has 0 fully saturated rings. The van der Waals surface area contributed by atoms with Gasteiger partial charge in [0.1, 0.15) is 0 Å². The van der Waals surface area contributed by atoms with E-state index >= 15 is 0 Å². The van der Waals surface area contributed by atoms with Gasteiger partial charge in [-0.15, -0.1) is 5.10 Å². The minimum absolute atomic E-state index is 0.501. The van der Waals surface area contributed by atoms with Gasteiger partial charge in [-0.1, -0.05) is 12.1 Å². The van der Waals surface area contributed by atoms with E-state index in [9.17, 15) is 4.79 Å². The van der Waals surface area contributed by atoms with E-state index in [4.69, 9.17) is 9.57 Å². The molecule has 1 aromatic carbocycles. The zero-order chi connectivity index (χ0) is 16.9. The average Bonchev–Trinajstić information content (AvgIpc) is 3.03. The number of aromatic nitrogens is 3. The Morgan fingerprint density at radius 1 is 1.29 bits per heavy atom. The molecule has 24 heavy (non-hydrogen) atoms.